The van der Waals surface area contributed by atoms with Crippen LogP contribution < -0.4 is 9.62 Å². The third-order valence-corrected chi connectivity index (χ3v) is 5.47. The summed E-state index contributed by atoms with van der Waals surface area (Å²) < 4.78 is 31.5. The van der Waals surface area contributed by atoms with E-state index in [9.17, 15) is 13.2 Å². The van der Waals surface area contributed by atoms with Crippen LogP contribution in [0.25, 0.3) is 0 Å². The van der Waals surface area contributed by atoms with Crippen LogP contribution in [-0.2, 0) is 21.3 Å². The fourth-order valence-electron chi connectivity index (χ4n) is 2.71. The van der Waals surface area contributed by atoms with Gasteiger partial charge in [0.15, 0.2) is 0 Å². The van der Waals surface area contributed by atoms with Crippen molar-refractivity contribution in [3.8, 4) is 0 Å². The molecule has 26 heavy (non-hydrogen) atoms. The zero-order valence-electron chi connectivity index (χ0n) is 16.0. The van der Waals surface area contributed by atoms with E-state index in [-0.39, 0.29) is 18.4 Å². The Kier molecular flexibility index (Phi) is 6.52. The van der Waals surface area contributed by atoms with Crippen molar-refractivity contribution in [2.75, 3.05) is 36.8 Å². The number of piperazine rings is 1. The molecule has 1 aliphatic heterocycles. The number of para-hydroxylation sites is 1. The van der Waals surface area contributed by atoms with Crippen LogP contribution >= 0.6 is 0 Å². The van der Waals surface area contributed by atoms with E-state index in [1.165, 1.54) is 0 Å². The molecule has 0 atom stereocenters. The first kappa shape index (κ1) is 20.5. The maximum atomic E-state index is 12.2. The average molecular weight is 384 g/mol. The summed E-state index contributed by atoms with van der Waals surface area (Å²) in [4.78, 5) is 16.1. The Hall–Kier alpha value is -1.80. The number of carbonyl (C=O) groups is 1. The molecular formula is C18H29N3O4S. The average Bonchev–Trinajstić information content (AvgIpc) is 2.59. The number of hydrogen-bond acceptors (Lipinski definition) is 5. The minimum atomic E-state index is -3.24. The van der Waals surface area contributed by atoms with Gasteiger partial charge in [-0.2, -0.15) is 0 Å². The SMILES string of the molecule is CCS(=O)(=O)NCc1ccccc1N1CCN(C(=O)OC(C)(C)C)CC1. The highest BCUT2D eigenvalue weighted by atomic mass is 32.2. The lowest BCUT2D eigenvalue weighted by atomic mass is 10.1. The van der Waals surface area contributed by atoms with E-state index in [0.29, 0.717) is 26.2 Å². The minimum Gasteiger partial charge on any atom is -0.444 e. The van der Waals surface area contributed by atoms with Crippen molar-refractivity contribution in [3.05, 3.63) is 29.8 Å². The normalized spacial score (nSPS) is 15.8. The summed E-state index contributed by atoms with van der Waals surface area (Å²) in [5.74, 6) is 0.0593. The summed E-state index contributed by atoms with van der Waals surface area (Å²) in [5.41, 5.74) is 1.42. The predicted molar refractivity (Wildman–Crippen MR) is 103 cm³/mol. The van der Waals surface area contributed by atoms with Crippen LogP contribution in [0.3, 0.4) is 0 Å². The van der Waals surface area contributed by atoms with E-state index in [4.69, 9.17) is 4.74 Å². The van der Waals surface area contributed by atoms with Gasteiger partial charge in [-0.1, -0.05) is 18.2 Å². The van der Waals surface area contributed by atoms with Gasteiger partial charge in [-0.15, -0.1) is 0 Å². The zero-order chi connectivity index (χ0) is 19.4. The molecule has 0 radical (unpaired) electrons. The number of hydrogen-bond donors (Lipinski definition) is 1. The summed E-state index contributed by atoms with van der Waals surface area (Å²) in [6, 6.07) is 7.75. The van der Waals surface area contributed by atoms with Crippen LogP contribution in [-0.4, -0.2) is 56.9 Å². The summed E-state index contributed by atoms with van der Waals surface area (Å²) in [6.45, 7) is 9.95. The molecule has 1 aromatic carbocycles. The van der Waals surface area contributed by atoms with Gasteiger partial charge in [0, 0.05) is 38.4 Å². The molecule has 0 aliphatic carbocycles. The predicted octanol–water partition coefficient (Wildman–Crippen LogP) is 2.18. The summed E-state index contributed by atoms with van der Waals surface area (Å²) in [7, 11) is -3.24. The first-order valence-electron chi connectivity index (χ1n) is 8.89. The van der Waals surface area contributed by atoms with Crippen LogP contribution in [0.15, 0.2) is 24.3 Å². The van der Waals surface area contributed by atoms with Crippen molar-refractivity contribution in [1.82, 2.24) is 9.62 Å². The van der Waals surface area contributed by atoms with Crippen molar-refractivity contribution in [2.45, 2.75) is 39.8 Å². The van der Waals surface area contributed by atoms with Gasteiger partial charge in [0.2, 0.25) is 10.0 Å². The number of amides is 1. The Morgan fingerprint density at radius 3 is 2.35 bits per heavy atom. The Bertz CT molecular complexity index is 720. The number of anilines is 1. The number of carbonyl (C=O) groups excluding carboxylic acids is 1. The second-order valence-corrected chi connectivity index (χ2v) is 9.40. The molecule has 1 aliphatic rings. The van der Waals surface area contributed by atoms with Gasteiger partial charge in [-0.25, -0.2) is 17.9 Å². The van der Waals surface area contributed by atoms with Crippen molar-refractivity contribution in [3.63, 3.8) is 0 Å². The molecule has 1 fully saturated rings. The summed E-state index contributed by atoms with van der Waals surface area (Å²) >= 11 is 0. The molecule has 2 rings (SSSR count). The van der Waals surface area contributed by atoms with Crippen molar-refractivity contribution < 1.29 is 17.9 Å². The molecule has 8 heteroatoms. The van der Waals surface area contributed by atoms with Crippen LogP contribution in [0.4, 0.5) is 10.5 Å². The molecule has 0 aromatic heterocycles. The van der Waals surface area contributed by atoms with Crippen molar-refractivity contribution in [1.29, 1.82) is 0 Å². The molecule has 0 spiro atoms. The summed E-state index contributed by atoms with van der Waals surface area (Å²) in [6.07, 6.45) is -0.291. The van der Waals surface area contributed by atoms with Crippen molar-refractivity contribution in [2.24, 2.45) is 0 Å². The Balaban J connectivity index is 2.00. The second kappa shape index (κ2) is 8.26. The fourth-order valence-corrected chi connectivity index (χ4v) is 3.29. The first-order chi connectivity index (χ1) is 12.1. The van der Waals surface area contributed by atoms with Gasteiger partial charge in [-0.05, 0) is 39.3 Å². The lowest BCUT2D eigenvalue weighted by Crippen LogP contribution is -2.50. The molecule has 1 amide bonds. The lowest BCUT2D eigenvalue weighted by Gasteiger charge is -2.37. The third kappa shape index (κ3) is 5.88. The molecule has 1 saturated heterocycles. The van der Waals surface area contributed by atoms with E-state index in [1.807, 2.05) is 45.0 Å². The highest BCUT2D eigenvalue weighted by Crippen LogP contribution is 2.22. The van der Waals surface area contributed by atoms with Gasteiger partial charge < -0.3 is 14.5 Å². The van der Waals surface area contributed by atoms with Gasteiger partial charge in [-0.3, -0.25) is 0 Å². The van der Waals surface area contributed by atoms with Gasteiger partial charge >= 0.3 is 6.09 Å². The third-order valence-electron chi connectivity index (χ3n) is 4.13. The first-order valence-corrected chi connectivity index (χ1v) is 10.5. The number of sulfonamides is 1. The maximum Gasteiger partial charge on any atom is 0.410 e. The number of ether oxygens (including phenoxy) is 1. The number of benzene rings is 1. The quantitative estimate of drug-likeness (QED) is 0.843. The van der Waals surface area contributed by atoms with E-state index >= 15 is 0 Å². The molecule has 146 valence electrons. The second-order valence-electron chi connectivity index (χ2n) is 7.31. The standard InChI is InChI=1S/C18H29N3O4S/c1-5-26(23,24)19-14-15-8-6-7-9-16(15)20-10-12-21(13-11-20)17(22)25-18(2,3)4/h6-9,19H,5,10-14H2,1-4H3. The molecule has 1 N–H and O–H groups in total. The van der Waals surface area contributed by atoms with Gasteiger partial charge in [0.1, 0.15) is 5.60 Å². The molecule has 0 unspecified atom stereocenters. The zero-order valence-corrected chi connectivity index (χ0v) is 16.8. The van der Waals surface area contributed by atoms with Gasteiger partial charge in [0.05, 0.1) is 5.75 Å². The monoisotopic (exact) mass is 383 g/mol. The van der Waals surface area contributed by atoms with E-state index in [1.54, 1.807) is 11.8 Å². The van der Waals surface area contributed by atoms with Crippen molar-refractivity contribution >= 4 is 21.8 Å². The van der Waals surface area contributed by atoms with Crippen LogP contribution in [0.5, 0.6) is 0 Å². The summed E-state index contributed by atoms with van der Waals surface area (Å²) in [5, 5.41) is 0. The maximum absolute atomic E-state index is 12.2. The number of nitrogens with zero attached hydrogens (tertiary/aromatic N) is 2. The number of nitrogens with one attached hydrogen (secondary N) is 1. The molecule has 0 bridgehead atoms. The molecular weight excluding hydrogens is 354 g/mol. The highest BCUT2D eigenvalue weighted by Gasteiger charge is 2.26. The lowest BCUT2D eigenvalue weighted by molar-refractivity contribution is 0.0240. The number of rotatable bonds is 5. The Morgan fingerprint density at radius 2 is 1.77 bits per heavy atom. The molecule has 7 nitrogen and oxygen atoms in total. The smallest absolute Gasteiger partial charge is 0.410 e. The van der Waals surface area contributed by atoms with E-state index < -0.39 is 15.6 Å². The van der Waals surface area contributed by atoms with Gasteiger partial charge in [0.25, 0.3) is 0 Å². The van der Waals surface area contributed by atoms with E-state index in [2.05, 4.69) is 9.62 Å². The molecule has 1 heterocycles. The highest BCUT2D eigenvalue weighted by molar-refractivity contribution is 7.89. The van der Waals surface area contributed by atoms with Crippen LogP contribution in [0, 0.1) is 0 Å². The largest absolute Gasteiger partial charge is 0.444 e. The topological polar surface area (TPSA) is 79.0 Å². The van der Waals surface area contributed by atoms with Crippen LogP contribution in [0.1, 0.15) is 33.3 Å². The van der Waals surface area contributed by atoms with E-state index in [0.717, 1.165) is 11.3 Å². The van der Waals surface area contributed by atoms with Crippen LogP contribution in [0.2, 0.25) is 0 Å². The Morgan fingerprint density at radius 1 is 1.15 bits per heavy atom. The minimum absolute atomic E-state index is 0.0593. The molecule has 0 saturated carbocycles. The Labute approximate surface area is 156 Å². The molecule has 1 aromatic rings. The fraction of sp³-hybridized carbons (Fsp3) is 0.611.